The molecule has 8 nitrogen and oxygen atoms in total. The van der Waals surface area contributed by atoms with Gasteiger partial charge in [0.1, 0.15) is 5.70 Å². The van der Waals surface area contributed by atoms with E-state index in [1.165, 1.54) is 25.3 Å². The number of benzene rings is 2. The van der Waals surface area contributed by atoms with Crippen molar-refractivity contribution in [3.63, 3.8) is 0 Å². The van der Waals surface area contributed by atoms with Gasteiger partial charge in [0.25, 0.3) is 11.8 Å². The molecule has 9 heteroatoms. The summed E-state index contributed by atoms with van der Waals surface area (Å²) in [4.78, 5) is 37.4. The molecular formula is C22H20ClN3O5. The highest BCUT2D eigenvalue weighted by molar-refractivity contribution is 6.32. The molecule has 3 rings (SSSR count). The summed E-state index contributed by atoms with van der Waals surface area (Å²) in [7, 11) is 1.42. The van der Waals surface area contributed by atoms with Gasteiger partial charge in [-0.25, -0.2) is 4.79 Å². The maximum atomic E-state index is 12.3. The molecule has 1 aliphatic heterocycles. The first-order valence-corrected chi connectivity index (χ1v) is 9.61. The molecular weight excluding hydrogens is 422 g/mol. The molecule has 2 aromatic carbocycles. The second-order valence-electron chi connectivity index (χ2n) is 6.43. The van der Waals surface area contributed by atoms with Crippen molar-refractivity contribution in [1.82, 2.24) is 10.2 Å². The quantitative estimate of drug-likeness (QED) is 0.371. The van der Waals surface area contributed by atoms with Crippen LogP contribution in [-0.2, 0) is 9.59 Å². The molecule has 2 aromatic rings. The van der Waals surface area contributed by atoms with E-state index >= 15 is 0 Å². The van der Waals surface area contributed by atoms with Crippen LogP contribution in [0.1, 0.15) is 5.56 Å². The Hall–Kier alpha value is -3.78. The molecule has 160 valence electrons. The minimum Gasteiger partial charge on any atom is -0.493 e. The number of ether oxygens (including phenoxy) is 2. The maximum absolute atomic E-state index is 12.3. The average Bonchev–Trinajstić information content (AvgIpc) is 3.01. The maximum Gasteiger partial charge on any atom is 0.329 e. The lowest BCUT2D eigenvalue weighted by atomic mass is 10.1. The Morgan fingerprint density at radius 3 is 2.68 bits per heavy atom. The van der Waals surface area contributed by atoms with Gasteiger partial charge in [-0.05, 0) is 35.9 Å². The second kappa shape index (κ2) is 9.82. The van der Waals surface area contributed by atoms with E-state index in [1.807, 2.05) is 6.07 Å². The predicted molar refractivity (Wildman–Crippen MR) is 117 cm³/mol. The number of carbonyl (C=O) groups is 3. The van der Waals surface area contributed by atoms with Crippen molar-refractivity contribution < 1.29 is 23.9 Å². The van der Waals surface area contributed by atoms with E-state index in [2.05, 4.69) is 17.2 Å². The summed E-state index contributed by atoms with van der Waals surface area (Å²) in [5, 5.41) is 5.39. The van der Waals surface area contributed by atoms with Gasteiger partial charge in [-0.1, -0.05) is 35.9 Å². The van der Waals surface area contributed by atoms with Gasteiger partial charge in [0.05, 0.1) is 12.1 Å². The van der Waals surface area contributed by atoms with E-state index < -0.39 is 11.9 Å². The first-order valence-electron chi connectivity index (χ1n) is 9.23. The number of anilines is 1. The number of amides is 4. The summed E-state index contributed by atoms with van der Waals surface area (Å²) in [5.41, 5.74) is 1.25. The molecule has 0 bridgehead atoms. The van der Waals surface area contributed by atoms with Crippen LogP contribution >= 0.6 is 11.6 Å². The minimum absolute atomic E-state index is 0.0980. The fraction of sp³-hybridized carbons (Fsp3) is 0.136. The van der Waals surface area contributed by atoms with E-state index in [9.17, 15) is 14.4 Å². The van der Waals surface area contributed by atoms with Crippen LogP contribution in [0.2, 0.25) is 5.02 Å². The van der Waals surface area contributed by atoms with Gasteiger partial charge >= 0.3 is 6.03 Å². The standard InChI is InChI=1S/C22H20ClN3O5/c1-3-9-26-21(28)17(25-22(26)29)11-14-10-16(23)20(18(12-14)30-2)31-13-19(27)24-15-7-5-4-6-8-15/h3-8,10-12H,1,9,13H2,2H3,(H,24,27)(H,25,29)/b17-11+. The molecule has 1 aliphatic rings. The lowest BCUT2D eigenvalue weighted by Crippen LogP contribution is -2.30. The Bertz CT molecular complexity index is 1050. The highest BCUT2D eigenvalue weighted by atomic mass is 35.5. The summed E-state index contributed by atoms with van der Waals surface area (Å²) in [6.45, 7) is 3.35. The first kappa shape index (κ1) is 21.9. The van der Waals surface area contributed by atoms with Crippen LogP contribution in [0.5, 0.6) is 11.5 Å². The highest BCUT2D eigenvalue weighted by Crippen LogP contribution is 2.37. The number of carbonyl (C=O) groups excluding carboxylic acids is 3. The van der Waals surface area contributed by atoms with Crippen molar-refractivity contribution >= 4 is 41.2 Å². The molecule has 0 aromatic heterocycles. The Labute approximate surface area is 184 Å². The van der Waals surface area contributed by atoms with Crippen LogP contribution in [0.4, 0.5) is 10.5 Å². The molecule has 0 radical (unpaired) electrons. The van der Waals surface area contributed by atoms with Crippen molar-refractivity contribution in [2.24, 2.45) is 0 Å². The van der Waals surface area contributed by atoms with Crippen LogP contribution in [0.15, 0.2) is 60.8 Å². The number of nitrogens with zero attached hydrogens (tertiary/aromatic N) is 1. The molecule has 1 heterocycles. The number of para-hydroxylation sites is 1. The van der Waals surface area contributed by atoms with E-state index in [0.717, 1.165) is 4.90 Å². The summed E-state index contributed by atoms with van der Waals surface area (Å²) in [6.07, 6.45) is 2.93. The average molecular weight is 442 g/mol. The molecule has 0 aliphatic carbocycles. The third-order valence-electron chi connectivity index (χ3n) is 4.24. The van der Waals surface area contributed by atoms with Crippen molar-refractivity contribution in [3.05, 3.63) is 71.4 Å². The van der Waals surface area contributed by atoms with Crippen molar-refractivity contribution in [2.45, 2.75) is 0 Å². The Morgan fingerprint density at radius 1 is 1.26 bits per heavy atom. The van der Waals surface area contributed by atoms with Gasteiger partial charge in [0.15, 0.2) is 18.1 Å². The predicted octanol–water partition coefficient (Wildman–Crippen LogP) is 3.44. The zero-order valence-corrected chi connectivity index (χ0v) is 17.4. The summed E-state index contributed by atoms with van der Waals surface area (Å²) in [5.74, 6) is -0.383. The van der Waals surface area contributed by atoms with Crippen molar-refractivity contribution in [1.29, 1.82) is 0 Å². The second-order valence-corrected chi connectivity index (χ2v) is 6.84. The molecule has 0 spiro atoms. The fourth-order valence-electron chi connectivity index (χ4n) is 2.85. The molecule has 1 saturated heterocycles. The molecule has 0 saturated carbocycles. The third-order valence-corrected chi connectivity index (χ3v) is 4.52. The first-order chi connectivity index (χ1) is 14.9. The number of halogens is 1. The number of imide groups is 1. The van der Waals surface area contributed by atoms with Gasteiger partial charge in [-0.2, -0.15) is 0 Å². The summed E-state index contributed by atoms with van der Waals surface area (Å²) >= 11 is 6.32. The summed E-state index contributed by atoms with van der Waals surface area (Å²) in [6, 6.07) is 11.6. The van der Waals surface area contributed by atoms with Gasteiger partial charge in [0.2, 0.25) is 0 Å². The number of nitrogens with one attached hydrogen (secondary N) is 2. The van der Waals surface area contributed by atoms with Crippen molar-refractivity contribution in [2.75, 3.05) is 25.6 Å². The monoisotopic (exact) mass is 441 g/mol. The highest BCUT2D eigenvalue weighted by Gasteiger charge is 2.32. The molecule has 0 unspecified atom stereocenters. The molecule has 31 heavy (non-hydrogen) atoms. The molecule has 4 amide bonds. The number of rotatable bonds is 8. The number of methoxy groups -OCH3 is 1. The zero-order chi connectivity index (χ0) is 22.4. The van der Waals surface area contributed by atoms with Crippen LogP contribution in [0, 0.1) is 0 Å². The molecule has 1 fully saturated rings. The number of hydrogen-bond acceptors (Lipinski definition) is 5. The molecule has 0 atom stereocenters. The lowest BCUT2D eigenvalue weighted by molar-refractivity contribution is -0.122. The van der Waals surface area contributed by atoms with Crippen LogP contribution < -0.4 is 20.1 Å². The molecule has 2 N–H and O–H groups in total. The smallest absolute Gasteiger partial charge is 0.329 e. The minimum atomic E-state index is -0.529. The Balaban J connectivity index is 1.74. The van der Waals surface area contributed by atoms with E-state index in [4.69, 9.17) is 21.1 Å². The normalized spacial score (nSPS) is 14.4. The Kier molecular flexibility index (Phi) is 6.94. The van der Waals surface area contributed by atoms with Crippen molar-refractivity contribution in [3.8, 4) is 11.5 Å². The van der Waals surface area contributed by atoms with Gasteiger partial charge in [0, 0.05) is 12.2 Å². The Morgan fingerprint density at radius 2 is 2.00 bits per heavy atom. The topological polar surface area (TPSA) is 97.0 Å². The lowest BCUT2D eigenvalue weighted by Gasteiger charge is -2.13. The fourth-order valence-corrected chi connectivity index (χ4v) is 3.13. The van der Waals surface area contributed by atoms with Gasteiger partial charge < -0.3 is 20.1 Å². The van der Waals surface area contributed by atoms with Crippen LogP contribution in [0.25, 0.3) is 6.08 Å². The largest absolute Gasteiger partial charge is 0.493 e. The number of urea groups is 1. The van der Waals surface area contributed by atoms with Gasteiger partial charge in [-0.3, -0.25) is 14.5 Å². The van der Waals surface area contributed by atoms with E-state index in [-0.39, 0.29) is 41.3 Å². The third kappa shape index (κ3) is 5.23. The van der Waals surface area contributed by atoms with E-state index in [1.54, 1.807) is 30.3 Å². The SMILES string of the molecule is C=CCN1C(=O)N/C(=C/c2cc(Cl)c(OCC(=O)Nc3ccccc3)c(OC)c2)C1=O. The van der Waals surface area contributed by atoms with E-state index in [0.29, 0.717) is 11.3 Å². The number of hydrogen-bond donors (Lipinski definition) is 2. The van der Waals surface area contributed by atoms with Crippen LogP contribution in [-0.4, -0.2) is 43.0 Å². The van der Waals surface area contributed by atoms with Gasteiger partial charge in [-0.15, -0.1) is 6.58 Å². The summed E-state index contributed by atoms with van der Waals surface area (Å²) < 4.78 is 10.9. The zero-order valence-electron chi connectivity index (χ0n) is 16.7. The van der Waals surface area contributed by atoms with Crippen LogP contribution in [0.3, 0.4) is 0 Å².